The zero-order chi connectivity index (χ0) is 22.3. The lowest BCUT2D eigenvalue weighted by Crippen LogP contribution is -2.40. The maximum atomic E-state index is 13.1. The van der Waals surface area contributed by atoms with Crippen LogP contribution in [0.15, 0.2) is 27.7 Å². The molecule has 0 aliphatic carbocycles. The summed E-state index contributed by atoms with van der Waals surface area (Å²) in [5.74, 6) is 0.0646. The van der Waals surface area contributed by atoms with Crippen molar-refractivity contribution in [2.75, 3.05) is 18.6 Å². The van der Waals surface area contributed by atoms with Crippen LogP contribution in [0.2, 0.25) is 0 Å². The van der Waals surface area contributed by atoms with Crippen molar-refractivity contribution < 1.29 is 26.0 Å². The fourth-order valence-electron chi connectivity index (χ4n) is 3.60. The molecule has 2 aromatic rings. The fraction of sp³-hybridized carbons (Fsp3) is 0.556. The number of sulfonamides is 1. The van der Waals surface area contributed by atoms with E-state index in [1.54, 1.807) is 32.9 Å². The molecule has 0 radical (unpaired) electrons. The topological polar surface area (TPSA) is 132 Å². The van der Waals surface area contributed by atoms with E-state index in [0.29, 0.717) is 17.9 Å². The molecule has 3 rings (SSSR count). The summed E-state index contributed by atoms with van der Waals surface area (Å²) < 4.78 is 57.2. The number of aryl methyl sites for hydroxylation is 1. The predicted octanol–water partition coefficient (Wildman–Crippen LogP) is 0.778. The molecule has 2 atom stereocenters. The van der Waals surface area contributed by atoms with E-state index in [9.17, 15) is 21.6 Å². The summed E-state index contributed by atoms with van der Waals surface area (Å²) in [6, 6.07) is 2.13. The van der Waals surface area contributed by atoms with Crippen LogP contribution < -0.4 is 5.32 Å². The third kappa shape index (κ3) is 4.44. The highest BCUT2D eigenvalue weighted by Gasteiger charge is 2.33. The van der Waals surface area contributed by atoms with Gasteiger partial charge in [0.05, 0.1) is 35.7 Å². The monoisotopic (exact) mass is 458 g/mol. The highest BCUT2D eigenvalue weighted by Crippen LogP contribution is 2.26. The highest BCUT2D eigenvalue weighted by molar-refractivity contribution is 7.91. The number of sulfone groups is 1. The molecule has 0 bridgehead atoms. The van der Waals surface area contributed by atoms with Crippen LogP contribution >= 0.6 is 0 Å². The summed E-state index contributed by atoms with van der Waals surface area (Å²) in [4.78, 5) is 12.7. The molecule has 1 aliphatic rings. The minimum atomic E-state index is -3.87. The molecule has 3 heterocycles. The molecule has 1 aliphatic heterocycles. The van der Waals surface area contributed by atoms with Crippen LogP contribution in [-0.4, -0.2) is 61.4 Å². The van der Waals surface area contributed by atoms with E-state index < -0.39 is 37.9 Å². The van der Waals surface area contributed by atoms with Crippen LogP contribution in [0.5, 0.6) is 0 Å². The lowest BCUT2D eigenvalue weighted by atomic mass is 10.2. The van der Waals surface area contributed by atoms with Gasteiger partial charge in [0.15, 0.2) is 9.84 Å². The second kappa shape index (κ2) is 8.16. The smallest absolute Gasteiger partial charge is 0.246 e. The molecule has 2 aromatic heterocycles. The Morgan fingerprint density at radius 1 is 1.43 bits per heavy atom. The summed E-state index contributed by atoms with van der Waals surface area (Å²) in [5, 5.41) is 7.02. The Labute approximate surface area is 176 Å². The summed E-state index contributed by atoms with van der Waals surface area (Å²) in [6.07, 6.45) is 1.84. The first-order valence-corrected chi connectivity index (χ1v) is 12.7. The van der Waals surface area contributed by atoms with Crippen molar-refractivity contribution >= 4 is 25.8 Å². The SMILES string of the molecule is Cc1nn(C(C)C(=O)NC2CCS(=O)(=O)C2)c(C)c1S(=O)(=O)N(C)Cc1ccco1. The van der Waals surface area contributed by atoms with Crippen LogP contribution in [0.3, 0.4) is 0 Å². The van der Waals surface area contributed by atoms with E-state index >= 15 is 0 Å². The number of amides is 1. The third-order valence-electron chi connectivity index (χ3n) is 5.21. The first-order chi connectivity index (χ1) is 13.9. The van der Waals surface area contributed by atoms with Gasteiger partial charge >= 0.3 is 0 Å². The van der Waals surface area contributed by atoms with Gasteiger partial charge < -0.3 is 9.73 Å². The Hall–Kier alpha value is -2.18. The molecule has 0 aromatic carbocycles. The molecule has 0 spiro atoms. The molecule has 30 heavy (non-hydrogen) atoms. The maximum Gasteiger partial charge on any atom is 0.246 e. The Morgan fingerprint density at radius 2 is 2.13 bits per heavy atom. The molecule has 166 valence electrons. The number of nitrogens with zero attached hydrogens (tertiary/aromatic N) is 3. The van der Waals surface area contributed by atoms with Crippen molar-refractivity contribution in [2.24, 2.45) is 0 Å². The first kappa shape index (κ1) is 22.5. The fourth-order valence-corrected chi connectivity index (χ4v) is 6.77. The minimum absolute atomic E-state index is 0.0413. The first-order valence-electron chi connectivity index (χ1n) is 9.47. The molecular weight excluding hydrogens is 432 g/mol. The van der Waals surface area contributed by atoms with Gasteiger partial charge in [-0.2, -0.15) is 9.40 Å². The van der Waals surface area contributed by atoms with E-state index in [1.807, 2.05) is 0 Å². The molecule has 0 saturated carbocycles. The molecule has 1 amide bonds. The number of nitrogens with one attached hydrogen (secondary N) is 1. The van der Waals surface area contributed by atoms with E-state index in [0.717, 1.165) is 0 Å². The predicted molar refractivity (Wildman–Crippen MR) is 109 cm³/mol. The summed E-state index contributed by atoms with van der Waals surface area (Å²) in [7, 11) is -5.55. The number of aromatic nitrogens is 2. The molecule has 1 N–H and O–H groups in total. The molecule has 2 unspecified atom stereocenters. The third-order valence-corrected chi connectivity index (χ3v) is 9.03. The number of carbonyl (C=O) groups excluding carboxylic acids is 1. The average molecular weight is 459 g/mol. The lowest BCUT2D eigenvalue weighted by molar-refractivity contribution is -0.124. The Morgan fingerprint density at radius 3 is 2.70 bits per heavy atom. The van der Waals surface area contributed by atoms with Gasteiger partial charge in [0.25, 0.3) is 0 Å². The summed E-state index contributed by atoms with van der Waals surface area (Å²) in [5.41, 5.74) is 0.613. The molecule has 12 heteroatoms. The van der Waals surface area contributed by atoms with Gasteiger partial charge in [-0.25, -0.2) is 16.8 Å². The molecule has 10 nitrogen and oxygen atoms in total. The van der Waals surface area contributed by atoms with E-state index in [2.05, 4.69) is 10.4 Å². The normalized spacial score (nSPS) is 19.8. The number of furan rings is 1. The Kier molecular flexibility index (Phi) is 6.12. The van der Waals surface area contributed by atoms with Gasteiger partial charge in [-0.1, -0.05) is 0 Å². The van der Waals surface area contributed by atoms with Crippen molar-refractivity contribution in [2.45, 2.75) is 50.7 Å². The van der Waals surface area contributed by atoms with Crippen LogP contribution in [0.4, 0.5) is 0 Å². The van der Waals surface area contributed by atoms with Gasteiger partial charge in [0.2, 0.25) is 15.9 Å². The number of carbonyl (C=O) groups is 1. The molecule has 1 saturated heterocycles. The number of hydrogen-bond acceptors (Lipinski definition) is 7. The van der Waals surface area contributed by atoms with Gasteiger partial charge in [-0.15, -0.1) is 0 Å². The second-order valence-electron chi connectivity index (χ2n) is 7.57. The van der Waals surface area contributed by atoms with Crippen LogP contribution in [0.1, 0.15) is 36.5 Å². The van der Waals surface area contributed by atoms with Crippen LogP contribution in [0, 0.1) is 13.8 Å². The Bertz CT molecular complexity index is 1140. The number of rotatable bonds is 7. The number of hydrogen-bond donors (Lipinski definition) is 1. The van der Waals surface area contributed by atoms with Gasteiger partial charge in [-0.05, 0) is 39.3 Å². The van der Waals surface area contributed by atoms with Crippen molar-refractivity contribution in [3.8, 4) is 0 Å². The second-order valence-corrected chi connectivity index (χ2v) is 11.8. The zero-order valence-corrected chi connectivity index (χ0v) is 19.0. The van der Waals surface area contributed by atoms with E-state index in [4.69, 9.17) is 4.42 Å². The van der Waals surface area contributed by atoms with Crippen LogP contribution in [-0.2, 0) is 31.2 Å². The van der Waals surface area contributed by atoms with E-state index in [1.165, 1.54) is 22.3 Å². The molecule has 1 fully saturated rings. The minimum Gasteiger partial charge on any atom is -0.468 e. The van der Waals surface area contributed by atoms with Gasteiger partial charge in [0, 0.05) is 13.1 Å². The quantitative estimate of drug-likeness (QED) is 0.648. The van der Waals surface area contributed by atoms with Gasteiger partial charge in [-0.3, -0.25) is 9.48 Å². The van der Waals surface area contributed by atoms with Crippen molar-refractivity contribution in [1.29, 1.82) is 0 Å². The standard InChI is InChI=1S/C18H26N4O6S2/c1-12-17(30(26,27)21(4)10-16-6-5-8-28-16)13(2)22(20-12)14(3)18(23)19-15-7-9-29(24,25)11-15/h5-6,8,14-15H,7,9-11H2,1-4H3,(H,19,23). The lowest BCUT2D eigenvalue weighted by Gasteiger charge is -2.19. The Balaban J connectivity index is 1.81. The summed E-state index contributed by atoms with van der Waals surface area (Å²) >= 11 is 0. The maximum absolute atomic E-state index is 13.1. The zero-order valence-electron chi connectivity index (χ0n) is 17.3. The van der Waals surface area contributed by atoms with Crippen molar-refractivity contribution in [3.63, 3.8) is 0 Å². The summed E-state index contributed by atoms with van der Waals surface area (Å²) in [6.45, 7) is 4.83. The van der Waals surface area contributed by atoms with E-state index in [-0.39, 0.29) is 28.6 Å². The van der Waals surface area contributed by atoms with Crippen molar-refractivity contribution in [3.05, 3.63) is 35.5 Å². The molecular formula is C18H26N4O6S2. The largest absolute Gasteiger partial charge is 0.468 e. The average Bonchev–Trinajstić information content (AvgIpc) is 3.34. The van der Waals surface area contributed by atoms with Gasteiger partial charge in [0.1, 0.15) is 16.7 Å². The highest BCUT2D eigenvalue weighted by atomic mass is 32.2. The van der Waals surface area contributed by atoms with Crippen molar-refractivity contribution in [1.82, 2.24) is 19.4 Å². The van der Waals surface area contributed by atoms with Crippen LogP contribution in [0.25, 0.3) is 0 Å².